The van der Waals surface area contributed by atoms with E-state index in [4.69, 9.17) is 4.74 Å². The van der Waals surface area contributed by atoms with Crippen molar-refractivity contribution in [3.63, 3.8) is 0 Å². The number of ether oxygens (including phenoxy) is 1. The maximum Gasteiger partial charge on any atom is 0.417 e. The standard InChI is InChI=1S/C30H39F4N3O3/c1-17-4-9-23-26(25(17)31)35-36-37(23)15-24(38)22-8-7-20-19-6-5-18-14-29(39,30(32,33)34)13-12-28(18,16-40-3)21(19)10-11-27(20,22)2/h4,9,18-22,39H,5-8,10-16H2,1-3H3/t18-,19+,20+,21+,22-,27+,28-,29-/m1/s1. The molecule has 220 valence electrons. The van der Waals surface area contributed by atoms with E-state index in [1.807, 2.05) is 0 Å². The summed E-state index contributed by atoms with van der Waals surface area (Å²) in [5.74, 6) is 0.146. The Morgan fingerprint density at radius 1 is 1.12 bits per heavy atom. The normalized spacial score (nSPS) is 39.5. The van der Waals surface area contributed by atoms with Crippen LogP contribution in [0.1, 0.15) is 70.3 Å². The number of nitrogens with zero attached hydrogens (tertiary/aromatic N) is 3. The molecule has 40 heavy (non-hydrogen) atoms. The van der Waals surface area contributed by atoms with Crippen molar-refractivity contribution < 1.29 is 32.2 Å². The average molecular weight is 566 g/mol. The van der Waals surface area contributed by atoms with E-state index in [-0.39, 0.29) is 59.3 Å². The minimum Gasteiger partial charge on any atom is -0.384 e. The number of alkyl halides is 3. The van der Waals surface area contributed by atoms with Gasteiger partial charge in [0.15, 0.2) is 17.2 Å². The van der Waals surface area contributed by atoms with Crippen molar-refractivity contribution in [3.05, 3.63) is 23.5 Å². The molecule has 0 unspecified atom stereocenters. The molecule has 0 amide bonds. The van der Waals surface area contributed by atoms with Gasteiger partial charge in [-0.2, -0.15) is 13.2 Å². The van der Waals surface area contributed by atoms with E-state index in [0.29, 0.717) is 42.4 Å². The molecular formula is C30H39F4N3O3. The molecule has 1 N–H and O–H groups in total. The number of Topliss-reactive ketones (excluding diaryl/α,β-unsaturated/α-hetero) is 1. The number of aliphatic hydroxyl groups is 1. The summed E-state index contributed by atoms with van der Waals surface area (Å²) in [4.78, 5) is 13.8. The lowest BCUT2D eigenvalue weighted by atomic mass is 9.43. The predicted octanol–water partition coefficient (Wildman–Crippen LogP) is 6.03. The van der Waals surface area contributed by atoms with Crippen molar-refractivity contribution >= 4 is 16.8 Å². The number of rotatable bonds is 5. The van der Waals surface area contributed by atoms with Crippen LogP contribution in [0, 0.1) is 53.2 Å². The Kier molecular flexibility index (Phi) is 6.65. The van der Waals surface area contributed by atoms with Crippen LogP contribution in [0.15, 0.2) is 12.1 Å². The highest BCUT2D eigenvalue weighted by Gasteiger charge is 2.66. The number of benzene rings is 1. The van der Waals surface area contributed by atoms with Crippen LogP contribution < -0.4 is 0 Å². The Morgan fingerprint density at radius 2 is 1.90 bits per heavy atom. The molecule has 0 saturated heterocycles. The van der Waals surface area contributed by atoms with Gasteiger partial charge in [-0.3, -0.25) is 4.79 Å². The van der Waals surface area contributed by atoms with Crippen molar-refractivity contribution in [1.82, 2.24) is 15.0 Å². The first-order valence-corrected chi connectivity index (χ1v) is 14.6. The summed E-state index contributed by atoms with van der Waals surface area (Å²) >= 11 is 0. The van der Waals surface area contributed by atoms with E-state index in [9.17, 15) is 27.5 Å². The first kappa shape index (κ1) is 28.1. The maximum atomic E-state index is 14.5. The molecule has 0 radical (unpaired) electrons. The largest absolute Gasteiger partial charge is 0.417 e. The summed E-state index contributed by atoms with van der Waals surface area (Å²) in [6, 6.07) is 3.42. The first-order valence-electron chi connectivity index (χ1n) is 14.6. The number of halogens is 4. The van der Waals surface area contributed by atoms with Crippen LogP contribution >= 0.6 is 0 Å². The van der Waals surface area contributed by atoms with Crippen LogP contribution in [0.5, 0.6) is 0 Å². The Morgan fingerprint density at radius 3 is 2.62 bits per heavy atom. The SMILES string of the molecule is COC[C@]12CC[C@](O)(C(F)(F)F)C[C@H]1CC[C@H]1[C@@H]3CC[C@H](C(=O)Cn4nnc5c(F)c(C)ccc54)[C@@]3(C)CC[C@@H]12. The van der Waals surface area contributed by atoms with E-state index in [1.54, 1.807) is 26.2 Å². The molecule has 6 nitrogen and oxygen atoms in total. The molecule has 0 bridgehead atoms. The second kappa shape index (κ2) is 9.48. The summed E-state index contributed by atoms with van der Waals surface area (Å²) in [5.41, 5.74) is -2.03. The van der Waals surface area contributed by atoms with Gasteiger partial charge in [-0.1, -0.05) is 18.2 Å². The van der Waals surface area contributed by atoms with E-state index in [0.717, 1.165) is 32.1 Å². The number of carbonyl (C=O) groups is 1. The molecule has 4 fully saturated rings. The Bertz CT molecular complexity index is 1310. The van der Waals surface area contributed by atoms with E-state index in [2.05, 4.69) is 17.2 Å². The van der Waals surface area contributed by atoms with Crippen LogP contribution in [0.4, 0.5) is 17.6 Å². The molecule has 4 aliphatic rings. The zero-order valence-electron chi connectivity index (χ0n) is 23.4. The van der Waals surface area contributed by atoms with Crippen molar-refractivity contribution in [1.29, 1.82) is 0 Å². The van der Waals surface area contributed by atoms with Crippen molar-refractivity contribution in [2.75, 3.05) is 13.7 Å². The monoisotopic (exact) mass is 565 g/mol. The lowest BCUT2D eigenvalue weighted by Crippen LogP contribution is -2.61. The van der Waals surface area contributed by atoms with Crippen LogP contribution in [-0.4, -0.2) is 51.4 Å². The fourth-order valence-electron chi connectivity index (χ4n) is 9.86. The zero-order valence-corrected chi connectivity index (χ0v) is 23.4. The lowest BCUT2D eigenvalue weighted by Gasteiger charge is -2.62. The number of ketones is 1. The predicted molar refractivity (Wildman–Crippen MR) is 140 cm³/mol. The number of aromatic nitrogens is 3. The smallest absolute Gasteiger partial charge is 0.384 e. The van der Waals surface area contributed by atoms with Gasteiger partial charge in [0.1, 0.15) is 12.1 Å². The van der Waals surface area contributed by atoms with Crippen LogP contribution in [0.25, 0.3) is 11.0 Å². The molecule has 0 aliphatic heterocycles. The number of hydrogen-bond donors (Lipinski definition) is 1. The summed E-state index contributed by atoms with van der Waals surface area (Å²) in [6.07, 6.45) is -0.0143. The van der Waals surface area contributed by atoms with Gasteiger partial charge in [0, 0.05) is 13.0 Å². The van der Waals surface area contributed by atoms with E-state index >= 15 is 0 Å². The second-order valence-corrected chi connectivity index (χ2v) is 13.5. The van der Waals surface area contributed by atoms with Gasteiger partial charge >= 0.3 is 6.18 Å². The van der Waals surface area contributed by atoms with E-state index < -0.39 is 17.6 Å². The molecule has 4 aliphatic carbocycles. The maximum absolute atomic E-state index is 14.5. The minimum atomic E-state index is -4.63. The van der Waals surface area contributed by atoms with E-state index in [1.165, 1.54) is 4.68 Å². The average Bonchev–Trinajstić information content (AvgIpc) is 3.47. The highest BCUT2D eigenvalue weighted by molar-refractivity contribution is 5.84. The molecule has 10 heteroatoms. The van der Waals surface area contributed by atoms with Gasteiger partial charge in [0.05, 0.1) is 12.1 Å². The third-order valence-corrected chi connectivity index (χ3v) is 11.9. The number of fused-ring (bicyclic) bond motifs is 6. The van der Waals surface area contributed by atoms with Gasteiger partial charge in [0.2, 0.25) is 0 Å². The van der Waals surface area contributed by atoms with Gasteiger partial charge in [-0.05, 0) is 111 Å². The molecule has 0 spiro atoms. The summed E-state index contributed by atoms with van der Waals surface area (Å²) in [7, 11) is 1.62. The lowest BCUT2D eigenvalue weighted by molar-refractivity contribution is -0.294. The molecule has 2 aromatic rings. The fraction of sp³-hybridized carbons (Fsp3) is 0.767. The molecule has 1 aromatic carbocycles. The summed E-state index contributed by atoms with van der Waals surface area (Å²) < 4.78 is 63.1. The van der Waals surface area contributed by atoms with Crippen molar-refractivity contribution in [2.45, 2.75) is 90.0 Å². The zero-order chi connectivity index (χ0) is 28.7. The number of methoxy groups -OCH3 is 1. The van der Waals surface area contributed by atoms with Gasteiger partial charge in [-0.15, -0.1) is 5.10 Å². The van der Waals surface area contributed by atoms with Crippen LogP contribution in [0.2, 0.25) is 0 Å². The van der Waals surface area contributed by atoms with Gasteiger partial charge in [0.25, 0.3) is 0 Å². The molecule has 1 aromatic heterocycles. The third-order valence-electron chi connectivity index (χ3n) is 11.9. The second-order valence-electron chi connectivity index (χ2n) is 13.5. The Balaban J connectivity index is 1.23. The van der Waals surface area contributed by atoms with Crippen molar-refractivity contribution in [3.8, 4) is 0 Å². The highest BCUT2D eigenvalue weighted by Crippen LogP contribution is 2.69. The van der Waals surface area contributed by atoms with Crippen LogP contribution in [0.3, 0.4) is 0 Å². The Labute approximate surface area is 231 Å². The van der Waals surface area contributed by atoms with Gasteiger partial charge in [-0.25, -0.2) is 9.07 Å². The minimum absolute atomic E-state index is 0.0474. The molecule has 6 rings (SSSR count). The first-order chi connectivity index (χ1) is 18.8. The topological polar surface area (TPSA) is 77.2 Å². The summed E-state index contributed by atoms with van der Waals surface area (Å²) in [6.45, 7) is 4.35. The molecule has 4 saturated carbocycles. The van der Waals surface area contributed by atoms with Crippen molar-refractivity contribution in [2.24, 2.45) is 40.4 Å². The van der Waals surface area contributed by atoms with Gasteiger partial charge < -0.3 is 9.84 Å². The number of aryl methyl sites for hydroxylation is 1. The number of carbonyl (C=O) groups excluding carboxylic acids is 1. The van der Waals surface area contributed by atoms with Crippen LogP contribution in [-0.2, 0) is 16.1 Å². The Hall–Kier alpha value is -2.07. The third kappa shape index (κ3) is 3.98. The molecule has 8 atom stereocenters. The quantitative estimate of drug-likeness (QED) is 0.449. The fourth-order valence-corrected chi connectivity index (χ4v) is 9.86. The number of hydrogen-bond acceptors (Lipinski definition) is 5. The molecule has 1 heterocycles. The molecular weight excluding hydrogens is 526 g/mol. The summed E-state index contributed by atoms with van der Waals surface area (Å²) in [5, 5.41) is 18.7. The highest BCUT2D eigenvalue weighted by atomic mass is 19.4.